The van der Waals surface area contributed by atoms with Crippen molar-refractivity contribution >= 4 is 5.91 Å². The molecular formula is C20H29N5O. The zero-order valence-corrected chi connectivity index (χ0v) is 15.8. The maximum atomic E-state index is 12.3. The quantitative estimate of drug-likeness (QED) is 0.824. The maximum absolute atomic E-state index is 12.3. The van der Waals surface area contributed by atoms with Crippen LogP contribution in [0.15, 0.2) is 42.7 Å². The van der Waals surface area contributed by atoms with Crippen molar-refractivity contribution in [2.45, 2.75) is 32.4 Å². The molecule has 1 aliphatic heterocycles. The van der Waals surface area contributed by atoms with Crippen molar-refractivity contribution in [3.05, 3.63) is 48.3 Å². The third kappa shape index (κ3) is 5.16. The summed E-state index contributed by atoms with van der Waals surface area (Å²) < 4.78 is 1.87. The van der Waals surface area contributed by atoms with Gasteiger partial charge < -0.3 is 10.2 Å². The fraction of sp³-hybridized carbons (Fsp3) is 0.500. The van der Waals surface area contributed by atoms with E-state index < -0.39 is 0 Å². The predicted molar refractivity (Wildman–Crippen MR) is 103 cm³/mol. The van der Waals surface area contributed by atoms with E-state index in [1.807, 2.05) is 59.4 Å². The Morgan fingerprint density at radius 1 is 1.27 bits per heavy atom. The van der Waals surface area contributed by atoms with Gasteiger partial charge in [0.25, 0.3) is 0 Å². The molecule has 0 radical (unpaired) electrons. The molecule has 1 aromatic carbocycles. The number of para-hydroxylation sites is 1. The molecule has 3 rings (SSSR count). The number of nitrogens with zero attached hydrogens (tertiary/aromatic N) is 4. The van der Waals surface area contributed by atoms with Crippen LogP contribution in [0.25, 0.3) is 5.69 Å². The van der Waals surface area contributed by atoms with E-state index in [1.165, 1.54) is 0 Å². The average Bonchev–Trinajstić information content (AvgIpc) is 3.11. The molecule has 6 nitrogen and oxygen atoms in total. The summed E-state index contributed by atoms with van der Waals surface area (Å²) in [5, 5.41) is 7.60. The second-order valence-corrected chi connectivity index (χ2v) is 7.08. The van der Waals surface area contributed by atoms with Crippen molar-refractivity contribution < 1.29 is 4.79 Å². The van der Waals surface area contributed by atoms with Crippen LogP contribution in [0.2, 0.25) is 0 Å². The van der Waals surface area contributed by atoms with Gasteiger partial charge in [0.15, 0.2) is 0 Å². The number of rotatable bonds is 7. The van der Waals surface area contributed by atoms with E-state index in [9.17, 15) is 4.79 Å². The monoisotopic (exact) mass is 355 g/mol. The Balaban J connectivity index is 1.44. The first kappa shape index (κ1) is 18.6. The Bertz CT molecular complexity index is 691. The molecule has 26 heavy (non-hydrogen) atoms. The fourth-order valence-corrected chi connectivity index (χ4v) is 3.44. The molecule has 0 atom stereocenters. The summed E-state index contributed by atoms with van der Waals surface area (Å²) >= 11 is 0. The number of piperidine rings is 1. The number of likely N-dealkylation sites (tertiary alicyclic amines) is 1. The standard InChI is InChI=1S/C20H29N5O/c1-3-24-11-9-18(10-12-24)22-20(26)16-23(2)14-17-13-21-25(15-17)19-7-5-4-6-8-19/h4-8,13,15,18H,3,9-12,14,16H2,1-2H3,(H,22,26). The lowest BCUT2D eigenvalue weighted by Gasteiger charge is -2.31. The molecule has 140 valence electrons. The van der Waals surface area contributed by atoms with Gasteiger partial charge in [0.2, 0.25) is 5.91 Å². The van der Waals surface area contributed by atoms with E-state index in [4.69, 9.17) is 0 Å². The van der Waals surface area contributed by atoms with Crippen LogP contribution in [-0.4, -0.2) is 64.8 Å². The number of likely N-dealkylation sites (N-methyl/N-ethyl adjacent to an activating group) is 1. The largest absolute Gasteiger partial charge is 0.352 e. The fourth-order valence-electron chi connectivity index (χ4n) is 3.44. The van der Waals surface area contributed by atoms with Gasteiger partial charge in [0, 0.05) is 37.4 Å². The molecule has 6 heteroatoms. The van der Waals surface area contributed by atoms with Crippen molar-refractivity contribution in [1.82, 2.24) is 24.9 Å². The SMILES string of the molecule is CCN1CCC(NC(=O)CN(C)Cc2cnn(-c3ccccc3)c2)CC1. The minimum absolute atomic E-state index is 0.109. The molecule has 1 N–H and O–H groups in total. The lowest BCUT2D eigenvalue weighted by molar-refractivity contribution is -0.123. The first-order chi connectivity index (χ1) is 12.6. The summed E-state index contributed by atoms with van der Waals surface area (Å²) in [6, 6.07) is 10.4. The van der Waals surface area contributed by atoms with Gasteiger partial charge in [-0.05, 0) is 38.6 Å². The molecule has 1 amide bonds. The number of amides is 1. The summed E-state index contributed by atoms with van der Waals surface area (Å²) in [5.74, 6) is 0.109. The lowest BCUT2D eigenvalue weighted by Crippen LogP contribution is -2.46. The van der Waals surface area contributed by atoms with Crippen molar-refractivity contribution in [1.29, 1.82) is 0 Å². The molecule has 1 aromatic heterocycles. The molecule has 0 spiro atoms. The Morgan fingerprint density at radius 3 is 2.69 bits per heavy atom. The summed E-state index contributed by atoms with van der Waals surface area (Å²) in [4.78, 5) is 16.8. The molecule has 0 aliphatic carbocycles. The van der Waals surface area contributed by atoms with Gasteiger partial charge in [-0.3, -0.25) is 9.69 Å². The third-order valence-electron chi connectivity index (χ3n) is 4.92. The molecule has 1 saturated heterocycles. The van der Waals surface area contributed by atoms with E-state index in [-0.39, 0.29) is 5.91 Å². The van der Waals surface area contributed by atoms with Crippen LogP contribution in [0.5, 0.6) is 0 Å². The normalized spacial score (nSPS) is 16.1. The summed E-state index contributed by atoms with van der Waals surface area (Å²) in [6.07, 6.45) is 5.98. The number of benzene rings is 1. The summed E-state index contributed by atoms with van der Waals surface area (Å²) in [7, 11) is 1.97. The van der Waals surface area contributed by atoms with Gasteiger partial charge >= 0.3 is 0 Å². The molecular weight excluding hydrogens is 326 g/mol. The van der Waals surface area contributed by atoms with E-state index >= 15 is 0 Å². The highest BCUT2D eigenvalue weighted by Crippen LogP contribution is 2.11. The first-order valence-corrected chi connectivity index (χ1v) is 9.43. The Morgan fingerprint density at radius 2 is 2.00 bits per heavy atom. The highest BCUT2D eigenvalue weighted by molar-refractivity contribution is 5.78. The van der Waals surface area contributed by atoms with Crippen LogP contribution in [-0.2, 0) is 11.3 Å². The number of carbonyl (C=O) groups excluding carboxylic acids is 1. The molecule has 0 unspecified atom stereocenters. The van der Waals surface area contributed by atoms with Gasteiger partial charge in [-0.25, -0.2) is 4.68 Å². The molecule has 2 aromatic rings. The Hall–Kier alpha value is -2.18. The van der Waals surface area contributed by atoms with E-state index in [2.05, 4.69) is 22.2 Å². The minimum Gasteiger partial charge on any atom is -0.352 e. The van der Waals surface area contributed by atoms with Crippen LogP contribution >= 0.6 is 0 Å². The van der Waals surface area contributed by atoms with Crippen molar-refractivity contribution in [3.8, 4) is 5.69 Å². The zero-order chi connectivity index (χ0) is 18.4. The lowest BCUT2D eigenvalue weighted by atomic mass is 10.1. The predicted octanol–water partition coefficient (Wildman–Crippen LogP) is 1.90. The number of carbonyl (C=O) groups is 1. The van der Waals surface area contributed by atoms with Crippen LogP contribution < -0.4 is 5.32 Å². The van der Waals surface area contributed by atoms with Crippen LogP contribution in [0.3, 0.4) is 0 Å². The number of hydrogen-bond donors (Lipinski definition) is 1. The van der Waals surface area contributed by atoms with E-state index in [0.29, 0.717) is 19.1 Å². The van der Waals surface area contributed by atoms with Gasteiger partial charge in [-0.1, -0.05) is 25.1 Å². The smallest absolute Gasteiger partial charge is 0.234 e. The second-order valence-electron chi connectivity index (χ2n) is 7.08. The number of hydrogen-bond acceptors (Lipinski definition) is 4. The van der Waals surface area contributed by atoms with Crippen LogP contribution in [0, 0.1) is 0 Å². The highest BCUT2D eigenvalue weighted by Gasteiger charge is 2.20. The second kappa shape index (κ2) is 8.96. The van der Waals surface area contributed by atoms with E-state index in [0.717, 1.165) is 43.7 Å². The summed E-state index contributed by atoms with van der Waals surface area (Å²) in [5.41, 5.74) is 2.14. The topological polar surface area (TPSA) is 53.4 Å². The maximum Gasteiger partial charge on any atom is 0.234 e. The highest BCUT2D eigenvalue weighted by atomic mass is 16.2. The van der Waals surface area contributed by atoms with Crippen LogP contribution in [0.1, 0.15) is 25.3 Å². The first-order valence-electron chi connectivity index (χ1n) is 9.43. The van der Waals surface area contributed by atoms with Crippen LogP contribution in [0.4, 0.5) is 0 Å². The Labute approximate surface area is 155 Å². The molecule has 0 bridgehead atoms. The summed E-state index contributed by atoms with van der Waals surface area (Å²) in [6.45, 7) is 6.55. The Kier molecular flexibility index (Phi) is 6.41. The van der Waals surface area contributed by atoms with Crippen molar-refractivity contribution in [3.63, 3.8) is 0 Å². The third-order valence-corrected chi connectivity index (χ3v) is 4.92. The zero-order valence-electron chi connectivity index (χ0n) is 15.8. The number of aromatic nitrogens is 2. The van der Waals surface area contributed by atoms with Gasteiger partial charge in [-0.2, -0.15) is 5.10 Å². The molecule has 1 fully saturated rings. The van der Waals surface area contributed by atoms with Crippen molar-refractivity contribution in [2.24, 2.45) is 0 Å². The van der Waals surface area contributed by atoms with E-state index in [1.54, 1.807) is 0 Å². The number of nitrogens with one attached hydrogen (secondary N) is 1. The van der Waals surface area contributed by atoms with Gasteiger partial charge in [0.1, 0.15) is 0 Å². The van der Waals surface area contributed by atoms with Gasteiger partial charge in [0.05, 0.1) is 18.4 Å². The molecule has 2 heterocycles. The molecule has 0 saturated carbocycles. The van der Waals surface area contributed by atoms with Gasteiger partial charge in [-0.15, -0.1) is 0 Å². The van der Waals surface area contributed by atoms with Crippen molar-refractivity contribution in [2.75, 3.05) is 33.2 Å². The minimum atomic E-state index is 0.109. The molecule has 1 aliphatic rings. The average molecular weight is 355 g/mol.